The van der Waals surface area contributed by atoms with Gasteiger partial charge in [-0.2, -0.15) is 0 Å². The fraction of sp³-hybridized carbons (Fsp3) is 0.385. The Hall–Kier alpha value is -3.31. The molecule has 2 aromatic carbocycles. The number of carbonyl (C=O) groups is 3. The molecule has 0 radical (unpaired) electrons. The highest BCUT2D eigenvalue weighted by Gasteiger charge is 2.25. The van der Waals surface area contributed by atoms with Gasteiger partial charge in [-0.1, -0.05) is 31.5 Å². The third-order valence-corrected chi connectivity index (χ3v) is 6.46. The first-order valence-electron chi connectivity index (χ1n) is 12.0. The van der Waals surface area contributed by atoms with Crippen LogP contribution in [-0.2, 0) is 14.3 Å². The van der Waals surface area contributed by atoms with Gasteiger partial charge < -0.3 is 31.1 Å². The zero-order valence-electron chi connectivity index (χ0n) is 21.4. The minimum Gasteiger partial charge on any atom is -0.506 e. The van der Waals surface area contributed by atoms with E-state index in [2.05, 4.69) is 56.0 Å². The quantitative estimate of drug-likeness (QED) is 0.273. The molecule has 0 aliphatic carbocycles. The normalized spacial score (nSPS) is 14.9. The molecule has 5 N–H and O–H groups in total. The number of rotatable bonds is 9. The lowest BCUT2D eigenvalue weighted by Gasteiger charge is -2.29. The Balaban J connectivity index is 1.64. The summed E-state index contributed by atoms with van der Waals surface area (Å²) in [6.45, 7) is 7.17. The van der Waals surface area contributed by atoms with Crippen LogP contribution in [0, 0.1) is 5.41 Å². The number of benzene rings is 2. The molecule has 0 saturated heterocycles. The van der Waals surface area contributed by atoms with Gasteiger partial charge in [0.1, 0.15) is 5.75 Å². The number of hydrogen-bond donors (Lipinski definition) is 5. The number of aromatic hydroxyl groups is 1. The molecule has 10 nitrogen and oxygen atoms in total. The van der Waals surface area contributed by atoms with E-state index in [4.69, 9.17) is 16.3 Å². The predicted molar refractivity (Wildman–Crippen MR) is 149 cm³/mol. The molecule has 1 aliphatic heterocycles. The van der Waals surface area contributed by atoms with Crippen molar-refractivity contribution in [3.8, 4) is 5.75 Å². The highest BCUT2D eigenvalue weighted by Crippen LogP contribution is 2.36. The Morgan fingerprint density at radius 2 is 2.03 bits per heavy atom. The average molecular weight is 609 g/mol. The maximum absolute atomic E-state index is 12.7. The number of hydrogen-bond acceptors (Lipinski definition) is 8. The van der Waals surface area contributed by atoms with Crippen LogP contribution >= 0.6 is 27.5 Å². The zero-order valence-corrected chi connectivity index (χ0v) is 23.7. The number of esters is 1. The molecular weight excluding hydrogens is 578 g/mol. The molecule has 0 aromatic heterocycles. The smallest absolute Gasteiger partial charge is 0.308 e. The van der Waals surface area contributed by atoms with E-state index in [-0.39, 0.29) is 36.3 Å². The summed E-state index contributed by atoms with van der Waals surface area (Å²) in [6.07, 6.45) is -0.239. The highest BCUT2D eigenvalue weighted by atomic mass is 79.9. The molecule has 1 atom stereocenters. The first-order valence-corrected chi connectivity index (χ1v) is 13.2. The second kappa shape index (κ2) is 13.0. The second-order valence-corrected chi connectivity index (χ2v) is 10.8. The number of carbonyl (C=O) groups excluding carboxylic acids is 3. The van der Waals surface area contributed by atoms with Crippen LogP contribution in [0.5, 0.6) is 5.75 Å². The molecule has 12 heteroatoms. The molecule has 1 heterocycles. The SMILES string of the molecule is CCOC(=O)CC(NC(=O)CNC(=O)c1cccc(NC2=NCC(C)(C)CN2)c1)c1cc(Cl)cc(Br)c1O. The number of aliphatic imine (C=N–C) groups is 1. The number of nitrogens with one attached hydrogen (secondary N) is 4. The molecule has 0 bridgehead atoms. The average Bonchev–Trinajstić information content (AvgIpc) is 2.86. The number of ether oxygens (including phenoxy) is 1. The Morgan fingerprint density at radius 1 is 1.26 bits per heavy atom. The Morgan fingerprint density at radius 3 is 2.71 bits per heavy atom. The van der Waals surface area contributed by atoms with E-state index in [0.29, 0.717) is 33.3 Å². The molecule has 0 spiro atoms. The number of phenols is 1. The maximum Gasteiger partial charge on any atom is 0.308 e. The minimum absolute atomic E-state index is 0.0742. The van der Waals surface area contributed by atoms with Crippen LogP contribution < -0.4 is 21.3 Å². The van der Waals surface area contributed by atoms with Gasteiger partial charge in [0.25, 0.3) is 5.91 Å². The molecule has 0 fully saturated rings. The van der Waals surface area contributed by atoms with Crippen LogP contribution in [0.2, 0.25) is 5.02 Å². The lowest BCUT2D eigenvalue weighted by atomic mass is 9.93. The van der Waals surface area contributed by atoms with Crippen LogP contribution in [-0.4, -0.2) is 55.1 Å². The number of halogens is 2. The van der Waals surface area contributed by atoms with Gasteiger partial charge in [0, 0.05) is 40.3 Å². The van der Waals surface area contributed by atoms with Gasteiger partial charge in [-0.05, 0) is 53.2 Å². The summed E-state index contributed by atoms with van der Waals surface area (Å²) in [6, 6.07) is 8.82. The molecule has 38 heavy (non-hydrogen) atoms. The summed E-state index contributed by atoms with van der Waals surface area (Å²) in [5.74, 6) is -1.13. The number of nitrogens with zero attached hydrogens (tertiary/aromatic N) is 1. The van der Waals surface area contributed by atoms with E-state index in [1.807, 2.05) is 6.07 Å². The van der Waals surface area contributed by atoms with Crippen LogP contribution in [0.1, 0.15) is 49.2 Å². The molecule has 1 aliphatic rings. The summed E-state index contributed by atoms with van der Waals surface area (Å²) >= 11 is 9.32. The predicted octanol–water partition coefficient (Wildman–Crippen LogP) is 3.75. The van der Waals surface area contributed by atoms with Crippen molar-refractivity contribution in [1.29, 1.82) is 0 Å². The lowest BCUT2D eigenvalue weighted by molar-refractivity contribution is -0.143. The standard InChI is InChI=1S/C26H31BrClN5O5/c1-4-38-22(35)11-20(18-9-16(28)10-19(27)23(18)36)33-21(34)12-29-24(37)15-6-5-7-17(8-15)32-25-30-13-26(2,3)14-31-25/h5-10,20,36H,4,11-14H2,1-3H3,(H,29,37)(H,33,34)(H2,30,31,32). The van der Waals surface area contributed by atoms with Gasteiger partial charge in [0.2, 0.25) is 5.91 Å². The van der Waals surface area contributed by atoms with Crippen molar-refractivity contribution in [3.63, 3.8) is 0 Å². The van der Waals surface area contributed by atoms with E-state index < -0.39 is 23.8 Å². The number of guanidine groups is 1. The monoisotopic (exact) mass is 607 g/mol. The van der Waals surface area contributed by atoms with Crippen molar-refractivity contribution in [1.82, 2.24) is 16.0 Å². The van der Waals surface area contributed by atoms with Crippen molar-refractivity contribution in [3.05, 3.63) is 57.0 Å². The summed E-state index contributed by atoms with van der Waals surface area (Å²) in [7, 11) is 0. The third-order valence-electron chi connectivity index (χ3n) is 5.64. The summed E-state index contributed by atoms with van der Waals surface area (Å²) in [5, 5.41) is 22.4. The van der Waals surface area contributed by atoms with Crippen molar-refractivity contribution in [2.75, 3.05) is 31.6 Å². The highest BCUT2D eigenvalue weighted by molar-refractivity contribution is 9.10. The largest absolute Gasteiger partial charge is 0.506 e. The van der Waals surface area contributed by atoms with Gasteiger partial charge in [-0.3, -0.25) is 19.4 Å². The first-order chi connectivity index (χ1) is 18.0. The number of phenolic OH excluding ortho intramolecular Hbond substituents is 1. The van der Waals surface area contributed by atoms with Gasteiger partial charge in [0.05, 0.1) is 30.1 Å². The van der Waals surface area contributed by atoms with Gasteiger partial charge in [-0.25, -0.2) is 0 Å². The van der Waals surface area contributed by atoms with Crippen molar-refractivity contribution < 1.29 is 24.2 Å². The Labute approximate surface area is 234 Å². The first kappa shape index (κ1) is 29.2. The zero-order chi connectivity index (χ0) is 27.9. The summed E-state index contributed by atoms with van der Waals surface area (Å²) in [4.78, 5) is 42.1. The number of amides is 2. The van der Waals surface area contributed by atoms with Crippen LogP contribution in [0.25, 0.3) is 0 Å². The van der Waals surface area contributed by atoms with E-state index in [1.165, 1.54) is 12.1 Å². The van der Waals surface area contributed by atoms with Crippen molar-refractivity contribution in [2.24, 2.45) is 10.4 Å². The van der Waals surface area contributed by atoms with E-state index in [0.717, 1.165) is 6.54 Å². The molecule has 1 unspecified atom stereocenters. The van der Waals surface area contributed by atoms with Crippen molar-refractivity contribution in [2.45, 2.75) is 33.2 Å². The third kappa shape index (κ3) is 8.35. The minimum atomic E-state index is -0.935. The fourth-order valence-corrected chi connectivity index (χ4v) is 4.51. The van der Waals surface area contributed by atoms with Crippen molar-refractivity contribution >= 4 is 57.0 Å². The topological polar surface area (TPSA) is 141 Å². The molecule has 3 rings (SSSR count). The molecule has 0 saturated carbocycles. The van der Waals surface area contributed by atoms with Crippen LogP contribution in [0.15, 0.2) is 45.9 Å². The number of anilines is 1. The molecule has 2 aromatic rings. The van der Waals surface area contributed by atoms with Gasteiger partial charge in [-0.15, -0.1) is 0 Å². The molecule has 204 valence electrons. The van der Waals surface area contributed by atoms with E-state index in [9.17, 15) is 19.5 Å². The van der Waals surface area contributed by atoms with Crippen LogP contribution in [0.4, 0.5) is 5.69 Å². The second-order valence-electron chi connectivity index (χ2n) is 9.53. The Bertz CT molecular complexity index is 1240. The summed E-state index contributed by atoms with van der Waals surface area (Å²) in [5.41, 5.74) is 1.33. The van der Waals surface area contributed by atoms with E-state index >= 15 is 0 Å². The maximum atomic E-state index is 12.7. The fourth-order valence-electron chi connectivity index (χ4n) is 3.67. The Kier molecular flexibility index (Phi) is 9.98. The molecular formula is C26H31BrClN5O5. The van der Waals surface area contributed by atoms with E-state index in [1.54, 1.807) is 25.1 Å². The van der Waals surface area contributed by atoms with Gasteiger partial charge >= 0.3 is 5.97 Å². The van der Waals surface area contributed by atoms with Crippen LogP contribution in [0.3, 0.4) is 0 Å². The molecule has 2 amide bonds. The summed E-state index contributed by atoms with van der Waals surface area (Å²) < 4.78 is 5.31. The van der Waals surface area contributed by atoms with Gasteiger partial charge in [0.15, 0.2) is 5.96 Å². The lowest BCUT2D eigenvalue weighted by Crippen LogP contribution is -2.44.